The predicted molar refractivity (Wildman–Crippen MR) is 101 cm³/mol. The zero-order chi connectivity index (χ0) is 19.3. The number of carbonyl (C=O) groups excluding carboxylic acids is 2. The summed E-state index contributed by atoms with van der Waals surface area (Å²) in [5.41, 5.74) is 1.37. The van der Waals surface area contributed by atoms with E-state index in [-0.39, 0.29) is 17.7 Å². The molecular weight excluding hydrogens is 358 g/mol. The summed E-state index contributed by atoms with van der Waals surface area (Å²) in [6.07, 6.45) is 2.85. The minimum Gasteiger partial charge on any atom is -0.352 e. The number of fused-ring (bicyclic) bond motifs is 2. The maximum atomic E-state index is 13.1. The molecule has 5 rings (SSSR count). The number of aryl methyl sites for hydroxylation is 1. The second-order valence-corrected chi connectivity index (χ2v) is 7.30. The normalized spacial score (nSPS) is 19.9. The first-order valence-corrected chi connectivity index (χ1v) is 9.54. The molecule has 0 N–H and O–H groups in total. The van der Waals surface area contributed by atoms with E-state index in [0.29, 0.717) is 31.6 Å². The number of rotatable bonds is 2. The zero-order valence-corrected chi connectivity index (χ0v) is 15.7. The molecule has 0 bridgehead atoms. The molecule has 0 radical (unpaired) electrons. The molecule has 1 amide bonds. The third kappa shape index (κ3) is 2.65. The van der Waals surface area contributed by atoms with Gasteiger partial charge < -0.3 is 14.4 Å². The number of ketones is 1. The average Bonchev–Trinajstić information content (AvgIpc) is 3.36. The van der Waals surface area contributed by atoms with E-state index in [2.05, 4.69) is 20.2 Å². The van der Waals surface area contributed by atoms with Gasteiger partial charge in [0.25, 0.3) is 0 Å². The van der Waals surface area contributed by atoms with Crippen molar-refractivity contribution in [3.63, 3.8) is 0 Å². The fourth-order valence-electron chi connectivity index (χ4n) is 4.10. The van der Waals surface area contributed by atoms with Crippen molar-refractivity contribution < 1.29 is 9.59 Å². The van der Waals surface area contributed by atoms with Gasteiger partial charge in [0.15, 0.2) is 17.3 Å². The molecule has 3 aromatic rings. The molecular formula is C19H21N7O2. The first-order valence-electron chi connectivity index (χ1n) is 9.54. The Morgan fingerprint density at radius 3 is 2.75 bits per heavy atom. The van der Waals surface area contributed by atoms with Gasteiger partial charge in [0.05, 0.1) is 5.69 Å². The van der Waals surface area contributed by atoms with Gasteiger partial charge in [-0.15, -0.1) is 15.3 Å². The molecule has 0 aliphatic carbocycles. The van der Waals surface area contributed by atoms with Crippen LogP contribution in [0.25, 0.3) is 5.65 Å². The van der Waals surface area contributed by atoms with Crippen LogP contribution in [0.4, 0.5) is 5.82 Å². The van der Waals surface area contributed by atoms with Crippen LogP contribution >= 0.6 is 0 Å². The molecule has 0 spiro atoms. The van der Waals surface area contributed by atoms with Crippen LogP contribution in [-0.2, 0) is 4.79 Å². The third-order valence-corrected chi connectivity index (χ3v) is 5.65. The van der Waals surface area contributed by atoms with E-state index in [1.807, 2.05) is 40.8 Å². The molecule has 1 atom stereocenters. The van der Waals surface area contributed by atoms with Crippen LogP contribution in [0.1, 0.15) is 35.2 Å². The second kappa shape index (κ2) is 6.43. The SMILES string of the molecule is Cc1nnc2ccc(N3CCN(C(=O)C4CCC(=O)c5cccn54)CC3)nn12. The molecule has 0 saturated carbocycles. The van der Waals surface area contributed by atoms with E-state index in [9.17, 15) is 9.59 Å². The van der Waals surface area contributed by atoms with Crippen LogP contribution in [0.3, 0.4) is 0 Å². The predicted octanol–water partition coefficient (Wildman–Crippen LogP) is 1.10. The molecule has 2 aliphatic heterocycles. The monoisotopic (exact) mass is 379 g/mol. The van der Waals surface area contributed by atoms with E-state index in [1.165, 1.54) is 0 Å². The fourth-order valence-corrected chi connectivity index (χ4v) is 4.10. The molecule has 5 heterocycles. The van der Waals surface area contributed by atoms with E-state index in [0.717, 1.165) is 30.4 Å². The van der Waals surface area contributed by atoms with E-state index < -0.39 is 0 Å². The topological polar surface area (TPSA) is 88.6 Å². The summed E-state index contributed by atoms with van der Waals surface area (Å²) < 4.78 is 3.57. The van der Waals surface area contributed by atoms with Gasteiger partial charge in [0.2, 0.25) is 5.91 Å². The fraction of sp³-hybridized carbons (Fsp3) is 0.421. The zero-order valence-electron chi connectivity index (χ0n) is 15.7. The molecule has 144 valence electrons. The summed E-state index contributed by atoms with van der Waals surface area (Å²) >= 11 is 0. The van der Waals surface area contributed by atoms with Gasteiger partial charge in [-0.2, -0.15) is 4.52 Å². The van der Waals surface area contributed by atoms with Gasteiger partial charge in [-0.05, 0) is 37.6 Å². The number of Topliss-reactive ketones (excluding diaryl/α,β-unsaturated/α-hetero) is 1. The molecule has 1 fully saturated rings. The summed E-state index contributed by atoms with van der Waals surface area (Å²) in [6.45, 7) is 4.59. The quantitative estimate of drug-likeness (QED) is 0.663. The van der Waals surface area contributed by atoms with Crippen LogP contribution < -0.4 is 4.90 Å². The number of hydrogen-bond acceptors (Lipinski definition) is 6. The lowest BCUT2D eigenvalue weighted by Gasteiger charge is -2.38. The van der Waals surface area contributed by atoms with Crippen LogP contribution in [0.2, 0.25) is 0 Å². The molecule has 0 aromatic carbocycles. The largest absolute Gasteiger partial charge is 0.352 e. The number of amides is 1. The van der Waals surface area contributed by atoms with Crippen molar-refractivity contribution in [1.29, 1.82) is 0 Å². The molecule has 1 unspecified atom stereocenters. The van der Waals surface area contributed by atoms with E-state index in [1.54, 1.807) is 10.6 Å². The molecule has 9 heteroatoms. The van der Waals surface area contributed by atoms with Crippen molar-refractivity contribution in [3.05, 3.63) is 42.0 Å². The number of nitrogens with zero attached hydrogens (tertiary/aromatic N) is 7. The summed E-state index contributed by atoms with van der Waals surface area (Å²) in [7, 11) is 0. The van der Waals surface area contributed by atoms with Gasteiger partial charge in [-0.25, -0.2) is 0 Å². The van der Waals surface area contributed by atoms with Crippen LogP contribution in [0.5, 0.6) is 0 Å². The third-order valence-electron chi connectivity index (χ3n) is 5.65. The van der Waals surface area contributed by atoms with Crippen molar-refractivity contribution in [3.8, 4) is 0 Å². The first-order chi connectivity index (χ1) is 13.6. The molecule has 9 nitrogen and oxygen atoms in total. The summed E-state index contributed by atoms with van der Waals surface area (Å²) in [6, 6.07) is 7.22. The van der Waals surface area contributed by atoms with Gasteiger partial charge in [0.1, 0.15) is 11.9 Å². The minimum absolute atomic E-state index is 0.0997. The molecule has 28 heavy (non-hydrogen) atoms. The Bertz CT molecular complexity index is 1060. The Morgan fingerprint density at radius 2 is 1.93 bits per heavy atom. The smallest absolute Gasteiger partial charge is 0.245 e. The van der Waals surface area contributed by atoms with Crippen molar-refractivity contribution >= 4 is 23.2 Å². The van der Waals surface area contributed by atoms with Crippen LogP contribution in [0.15, 0.2) is 30.5 Å². The lowest BCUT2D eigenvalue weighted by atomic mass is 10.0. The number of anilines is 1. The lowest BCUT2D eigenvalue weighted by Crippen LogP contribution is -2.51. The number of aromatic nitrogens is 5. The maximum absolute atomic E-state index is 13.1. The highest BCUT2D eigenvalue weighted by Crippen LogP contribution is 2.27. The van der Waals surface area contributed by atoms with Gasteiger partial charge in [-0.3, -0.25) is 9.59 Å². The summed E-state index contributed by atoms with van der Waals surface area (Å²) in [5, 5.41) is 12.7. The number of carbonyl (C=O) groups is 2. The number of hydrogen-bond donors (Lipinski definition) is 0. The van der Waals surface area contributed by atoms with E-state index in [4.69, 9.17) is 0 Å². The minimum atomic E-state index is -0.275. The Labute approximate surface area is 161 Å². The Balaban J connectivity index is 1.29. The van der Waals surface area contributed by atoms with Crippen molar-refractivity contribution in [2.24, 2.45) is 0 Å². The van der Waals surface area contributed by atoms with Gasteiger partial charge in [-0.1, -0.05) is 0 Å². The highest BCUT2D eigenvalue weighted by atomic mass is 16.2. The maximum Gasteiger partial charge on any atom is 0.245 e. The van der Waals surface area contributed by atoms with E-state index >= 15 is 0 Å². The van der Waals surface area contributed by atoms with Crippen LogP contribution in [0, 0.1) is 6.92 Å². The first kappa shape index (κ1) is 16.9. The van der Waals surface area contributed by atoms with Gasteiger partial charge >= 0.3 is 0 Å². The standard InChI is InChI=1S/C19H21N7O2/c1-13-20-21-17-6-7-18(22-26(13)17)23-9-11-24(12-10-23)19(28)15-4-5-16(27)14-3-2-8-25(14)15/h2-3,6-8,15H,4-5,9-12H2,1H3. The Hall–Kier alpha value is -3.23. The van der Waals surface area contributed by atoms with Gasteiger partial charge in [0, 0.05) is 38.8 Å². The molecule has 2 aliphatic rings. The summed E-state index contributed by atoms with van der Waals surface area (Å²) in [4.78, 5) is 29.2. The second-order valence-electron chi connectivity index (χ2n) is 7.30. The molecule has 3 aromatic heterocycles. The average molecular weight is 379 g/mol. The highest BCUT2D eigenvalue weighted by molar-refractivity contribution is 5.97. The Morgan fingerprint density at radius 1 is 1.11 bits per heavy atom. The van der Waals surface area contributed by atoms with Crippen molar-refractivity contribution in [1.82, 2.24) is 29.3 Å². The van der Waals surface area contributed by atoms with Crippen LogP contribution in [-0.4, -0.2) is 67.1 Å². The van der Waals surface area contributed by atoms with Crippen molar-refractivity contribution in [2.45, 2.75) is 25.8 Å². The number of piperazine rings is 1. The highest BCUT2D eigenvalue weighted by Gasteiger charge is 2.33. The summed E-state index contributed by atoms with van der Waals surface area (Å²) in [5.74, 6) is 1.82. The lowest BCUT2D eigenvalue weighted by molar-refractivity contribution is -0.135. The Kier molecular flexibility index (Phi) is 3.88. The van der Waals surface area contributed by atoms with Crippen molar-refractivity contribution in [2.75, 3.05) is 31.1 Å². The molecule has 1 saturated heterocycles.